The molecule has 0 saturated heterocycles. The highest BCUT2D eigenvalue weighted by atomic mass is 15.1. The molecule has 1 unspecified atom stereocenters. The second-order valence-electron chi connectivity index (χ2n) is 6.08. The normalized spacial score (nSPS) is 28.7. The number of nitrogens with zero attached hydrogens (tertiary/aromatic N) is 1. The molecule has 0 bridgehead atoms. The van der Waals surface area contributed by atoms with Crippen LogP contribution in [0.2, 0.25) is 0 Å². The third-order valence-electron chi connectivity index (χ3n) is 4.30. The van der Waals surface area contributed by atoms with Crippen molar-refractivity contribution < 1.29 is 0 Å². The second kappa shape index (κ2) is 6.61. The van der Waals surface area contributed by atoms with E-state index in [9.17, 15) is 0 Å². The summed E-state index contributed by atoms with van der Waals surface area (Å²) in [5.74, 6) is 1.85. The van der Waals surface area contributed by atoms with Gasteiger partial charge in [-0.2, -0.15) is 0 Å². The van der Waals surface area contributed by atoms with E-state index in [2.05, 4.69) is 45.1 Å². The van der Waals surface area contributed by atoms with E-state index in [4.69, 9.17) is 0 Å². The Kier molecular flexibility index (Phi) is 5.77. The van der Waals surface area contributed by atoms with Crippen molar-refractivity contribution in [3.63, 3.8) is 0 Å². The van der Waals surface area contributed by atoms with Gasteiger partial charge in [-0.05, 0) is 58.5 Å². The Bertz CT molecular complexity index is 181. The molecule has 1 aliphatic rings. The molecular weight excluding hydrogens is 196 g/mol. The molecule has 0 radical (unpaired) electrons. The molecule has 0 heterocycles. The number of likely N-dealkylation sites (N-methyl/N-ethyl adjacent to an activating group) is 1. The van der Waals surface area contributed by atoms with Crippen molar-refractivity contribution >= 4 is 0 Å². The monoisotopic (exact) mass is 226 g/mol. The third-order valence-corrected chi connectivity index (χ3v) is 4.30. The summed E-state index contributed by atoms with van der Waals surface area (Å²) < 4.78 is 0. The molecule has 0 aromatic carbocycles. The highest BCUT2D eigenvalue weighted by molar-refractivity contribution is 4.79. The Morgan fingerprint density at radius 2 is 1.62 bits per heavy atom. The van der Waals surface area contributed by atoms with Gasteiger partial charge in [-0.1, -0.05) is 13.8 Å². The fourth-order valence-corrected chi connectivity index (χ4v) is 2.51. The smallest absolute Gasteiger partial charge is 0.0186 e. The van der Waals surface area contributed by atoms with Crippen LogP contribution in [0.4, 0.5) is 0 Å². The van der Waals surface area contributed by atoms with E-state index in [1.807, 2.05) is 0 Å². The van der Waals surface area contributed by atoms with Gasteiger partial charge in [0.1, 0.15) is 0 Å². The molecule has 0 aliphatic heterocycles. The summed E-state index contributed by atoms with van der Waals surface area (Å²) in [6.07, 6.45) is 5.60. The van der Waals surface area contributed by atoms with E-state index in [0.29, 0.717) is 6.04 Å². The van der Waals surface area contributed by atoms with Crippen molar-refractivity contribution in [1.82, 2.24) is 10.2 Å². The van der Waals surface area contributed by atoms with Gasteiger partial charge in [0, 0.05) is 18.6 Å². The van der Waals surface area contributed by atoms with Gasteiger partial charge < -0.3 is 10.2 Å². The SMILES string of the molecule is CC(C)C1CCC(NCC(C)N(C)C)CC1. The second-order valence-corrected chi connectivity index (χ2v) is 6.08. The zero-order chi connectivity index (χ0) is 12.1. The van der Waals surface area contributed by atoms with Crippen LogP contribution in [0.1, 0.15) is 46.5 Å². The number of hydrogen-bond donors (Lipinski definition) is 1. The molecule has 2 nitrogen and oxygen atoms in total. The molecule has 0 amide bonds. The largest absolute Gasteiger partial charge is 0.312 e. The quantitative estimate of drug-likeness (QED) is 0.775. The highest BCUT2D eigenvalue weighted by Crippen LogP contribution is 2.29. The predicted molar refractivity (Wildman–Crippen MR) is 71.7 cm³/mol. The van der Waals surface area contributed by atoms with Crippen LogP contribution < -0.4 is 5.32 Å². The molecule has 0 aromatic heterocycles. The molecule has 0 aromatic rings. The van der Waals surface area contributed by atoms with Crippen molar-refractivity contribution in [2.24, 2.45) is 11.8 Å². The molecule has 1 aliphatic carbocycles. The Morgan fingerprint density at radius 1 is 1.06 bits per heavy atom. The van der Waals surface area contributed by atoms with Gasteiger partial charge in [-0.3, -0.25) is 0 Å². The first-order chi connectivity index (χ1) is 7.50. The summed E-state index contributed by atoms with van der Waals surface area (Å²) in [6.45, 7) is 8.15. The Hall–Kier alpha value is -0.0800. The van der Waals surface area contributed by atoms with Crippen molar-refractivity contribution in [1.29, 1.82) is 0 Å². The number of rotatable bonds is 5. The van der Waals surface area contributed by atoms with Crippen molar-refractivity contribution in [2.75, 3.05) is 20.6 Å². The maximum atomic E-state index is 3.72. The van der Waals surface area contributed by atoms with E-state index in [1.165, 1.54) is 25.7 Å². The summed E-state index contributed by atoms with van der Waals surface area (Å²) in [4.78, 5) is 2.28. The minimum Gasteiger partial charge on any atom is -0.312 e. The molecule has 1 N–H and O–H groups in total. The van der Waals surface area contributed by atoms with Crippen LogP contribution in [0.25, 0.3) is 0 Å². The molecule has 96 valence electrons. The van der Waals surface area contributed by atoms with Crippen LogP contribution in [0.3, 0.4) is 0 Å². The minimum atomic E-state index is 0.642. The van der Waals surface area contributed by atoms with E-state index in [1.54, 1.807) is 0 Å². The summed E-state index contributed by atoms with van der Waals surface area (Å²) in [5.41, 5.74) is 0. The van der Waals surface area contributed by atoms with Crippen LogP contribution in [-0.4, -0.2) is 37.6 Å². The van der Waals surface area contributed by atoms with Gasteiger partial charge in [-0.25, -0.2) is 0 Å². The van der Waals surface area contributed by atoms with Crippen molar-refractivity contribution in [3.8, 4) is 0 Å². The maximum absolute atomic E-state index is 3.72. The first-order valence-corrected chi connectivity index (χ1v) is 6.90. The molecule has 16 heavy (non-hydrogen) atoms. The lowest BCUT2D eigenvalue weighted by atomic mass is 9.80. The maximum Gasteiger partial charge on any atom is 0.0186 e. The minimum absolute atomic E-state index is 0.642. The Labute approximate surface area is 102 Å². The molecular formula is C14H30N2. The Morgan fingerprint density at radius 3 is 2.06 bits per heavy atom. The standard InChI is InChI=1S/C14H30N2/c1-11(2)13-6-8-14(9-7-13)15-10-12(3)16(4)5/h11-15H,6-10H2,1-5H3. The third kappa shape index (κ3) is 4.42. The van der Waals surface area contributed by atoms with Crippen LogP contribution in [0.15, 0.2) is 0 Å². The molecule has 1 rings (SSSR count). The topological polar surface area (TPSA) is 15.3 Å². The zero-order valence-corrected chi connectivity index (χ0v) is 11.8. The zero-order valence-electron chi connectivity index (χ0n) is 11.8. The van der Waals surface area contributed by atoms with Gasteiger partial charge in [-0.15, -0.1) is 0 Å². The van der Waals surface area contributed by atoms with Crippen LogP contribution in [-0.2, 0) is 0 Å². The van der Waals surface area contributed by atoms with Crippen molar-refractivity contribution in [3.05, 3.63) is 0 Å². The first kappa shape index (κ1) is 14.0. The Balaban J connectivity index is 2.17. The van der Waals surface area contributed by atoms with Crippen LogP contribution in [0.5, 0.6) is 0 Å². The molecule has 1 atom stereocenters. The lowest BCUT2D eigenvalue weighted by Crippen LogP contribution is -2.42. The predicted octanol–water partition coefficient (Wildman–Crippen LogP) is 2.74. The number of hydrogen-bond acceptors (Lipinski definition) is 2. The van der Waals surface area contributed by atoms with Gasteiger partial charge in [0.15, 0.2) is 0 Å². The molecule has 1 saturated carbocycles. The fraction of sp³-hybridized carbons (Fsp3) is 1.00. The number of nitrogens with one attached hydrogen (secondary N) is 1. The van der Waals surface area contributed by atoms with Crippen LogP contribution >= 0.6 is 0 Å². The van der Waals surface area contributed by atoms with E-state index in [-0.39, 0.29) is 0 Å². The average molecular weight is 226 g/mol. The van der Waals surface area contributed by atoms with E-state index < -0.39 is 0 Å². The summed E-state index contributed by atoms with van der Waals surface area (Å²) in [7, 11) is 4.31. The van der Waals surface area contributed by atoms with Gasteiger partial charge in [0.05, 0.1) is 0 Å². The molecule has 1 fully saturated rings. The first-order valence-electron chi connectivity index (χ1n) is 6.90. The molecule has 2 heteroatoms. The molecule has 0 spiro atoms. The van der Waals surface area contributed by atoms with E-state index >= 15 is 0 Å². The van der Waals surface area contributed by atoms with Crippen molar-refractivity contribution in [2.45, 2.75) is 58.5 Å². The highest BCUT2D eigenvalue weighted by Gasteiger charge is 2.23. The summed E-state index contributed by atoms with van der Waals surface area (Å²) in [6, 6.07) is 1.42. The van der Waals surface area contributed by atoms with Gasteiger partial charge >= 0.3 is 0 Å². The van der Waals surface area contributed by atoms with Gasteiger partial charge in [0.25, 0.3) is 0 Å². The lowest BCUT2D eigenvalue weighted by Gasteiger charge is -2.32. The van der Waals surface area contributed by atoms with E-state index in [0.717, 1.165) is 24.4 Å². The lowest BCUT2D eigenvalue weighted by molar-refractivity contribution is 0.224. The summed E-state index contributed by atoms with van der Waals surface area (Å²) in [5, 5.41) is 3.72. The fourth-order valence-electron chi connectivity index (χ4n) is 2.51. The average Bonchev–Trinajstić information content (AvgIpc) is 2.26. The summed E-state index contributed by atoms with van der Waals surface area (Å²) >= 11 is 0. The van der Waals surface area contributed by atoms with Crippen LogP contribution in [0, 0.1) is 11.8 Å². The van der Waals surface area contributed by atoms with Gasteiger partial charge in [0.2, 0.25) is 0 Å².